The zero-order chi connectivity index (χ0) is 59.6. The topological polar surface area (TPSA) is 364 Å². The first-order valence-corrected chi connectivity index (χ1v) is 33.0. The van der Waals surface area contributed by atoms with Crippen molar-refractivity contribution in [1.29, 1.82) is 0 Å². The van der Waals surface area contributed by atoms with Crippen LogP contribution in [0.15, 0.2) is 85.6 Å². The zero-order valence-corrected chi connectivity index (χ0v) is 50.2. The van der Waals surface area contributed by atoms with Crippen molar-refractivity contribution in [3.63, 3.8) is 0 Å². The van der Waals surface area contributed by atoms with Crippen LogP contribution in [0.5, 0.6) is 0 Å². The first-order valence-electron chi connectivity index (χ1n) is 27.5. The number of anilines is 1. The third-order valence-electron chi connectivity index (χ3n) is 12.4. The fraction of sp³-hybridized carbons (Fsp3) is 0.623. The Bertz CT molecular complexity index is 2540. The number of carbonyl (C=O) groups excluding carboxylic acids is 3. The van der Waals surface area contributed by atoms with Crippen molar-refractivity contribution in [2.75, 3.05) is 37.8 Å². The molecule has 81 heavy (non-hydrogen) atoms. The fourth-order valence-electron chi connectivity index (χ4n) is 7.99. The Balaban J connectivity index is 1.18. The number of thioether (sulfide) groups is 1. The lowest BCUT2D eigenvalue weighted by Crippen LogP contribution is -2.46. The Morgan fingerprint density at radius 2 is 1.31 bits per heavy atom. The van der Waals surface area contributed by atoms with Gasteiger partial charge >= 0.3 is 23.5 Å². The molecule has 2 unspecified atom stereocenters. The molecule has 0 saturated carbocycles. The quantitative estimate of drug-likeness (QED) is 0.0129. The summed E-state index contributed by atoms with van der Waals surface area (Å²) in [5.74, 6) is -1.11. The van der Waals surface area contributed by atoms with Crippen molar-refractivity contribution in [3.05, 3.63) is 85.6 Å². The molecule has 10 N–H and O–H groups in total. The number of phosphoric ester groups is 3. The second-order valence-corrected chi connectivity index (χ2v) is 25.1. The van der Waals surface area contributed by atoms with Crippen LogP contribution in [0.25, 0.3) is 11.2 Å². The van der Waals surface area contributed by atoms with E-state index in [2.05, 4.69) is 102 Å². The van der Waals surface area contributed by atoms with Crippen molar-refractivity contribution in [1.82, 2.24) is 30.2 Å². The number of fused-ring (bicyclic) bond motifs is 1. The molecule has 28 heteroatoms. The maximum atomic E-state index is 12.8. The molecule has 1 aliphatic rings. The third-order valence-corrected chi connectivity index (χ3v) is 16.3. The second kappa shape index (κ2) is 38.8. The molecule has 7 atom stereocenters. The average Bonchev–Trinajstić information content (AvgIpc) is 4.11. The molecule has 0 aromatic carbocycles. The Hall–Kier alpha value is -4.00. The third kappa shape index (κ3) is 30.4. The van der Waals surface area contributed by atoms with Crippen LogP contribution in [0.1, 0.15) is 149 Å². The number of aliphatic hydroxyl groups excluding tert-OH is 2. The molecule has 1 aliphatic heterocycles. The molecular weight excluding hydrogens is 1130 g/mol. The van der Waals surface area contributed by atoms with E-state index in [1.807, 2.05) is 6.08 Å². The van der Waals surface area contributed by atoms with Crippen LogP contribution in [-0.2, 0) is 50.7 Å². The number of amides is 2. The molecule has 1 fully saturated rings. The van der Waals surface area contributed by atoms with Crippen LogP contribution in [0.3, 0.4) is 0 Å². The minimum Gasteiger partial charge on any atom is -0.386 e. The zero-order valence-electron chi connectivity index (χ0n) is 46.7. The molecule has 2 aromatic rings. The summed E-state index contributed by atoms with van der Waals surface area (Å²) < 4.78 is 62.6. The van der Waals surface area contributed by atoms with Crippen LogP contribution in [0.4, 0.5) is 5.82 Å². The van der Waals surface area contributed by atoms with E-state index in [1.54, 1.807) is 6.08 Å². The van der Waals surface area contributed by atoms with E-state index in [-0.39, 0.29) is 41.6 Å². The molecule has 0 aliphatic carbocycles. The number of hydrogen-bond donors (Lipinski definition) is 9. The number of allylic oxidation sites excluding steroid dienone is 11. The Morgan fingerprint density at radius 1 is 0.765 bits per heavy atom. The van der Waals surface area contributed by atoms with Gasteiger partial charge in [-0.05, 0) is 63.9 Å². The highest BCUT2D eigenvalue weighted by Gasteiger charge is 2.50. The van der Waals surface area contributed by atoms with Gasteiger partial charge in [0.05, 0.1) is 19.5 Å². The number of phosphoric acid groups is 3. The van der Waals surface area contributed by atoms with E-state index in [4.69, 9.17) is 19.5 Å². The lowest BCUT2D eigenvalue weighted by molar-refractivity contribution is -0.137. The predicted octanol–water partition coefficient (Wildman–Crippen LogP) is 9.04. The average molecular weight is 1220 g/mol. The van der Waals surface area contributed by atoms with Gasteiger partial charge in [-0.2, -0.15) is 4.31 Å². The summed E-state index contributed by atoms with van der Waals surface area (Å²) in [4.78, 5) is 88.6. The number of nitrogen functional groups attached to an aromatic ring is 1. The van der Waals surface area contributed by atoms with Gasteiger partial charge in [-0.25, -0.2) is 28.6 Å². The maximum absolute atomic E-state index is 12.8. The number of nitrogens with one attached hydrogen (secondary N) is 2. The predicted molar refractivity (Wildman–Crippen MR) is 311 cm³/mol. The minimum atomic E-state index is -5.59. The number of aliphatic hydroxyl groups is 2. The molecule has 0 bridgehead atoms. The highest BCUT2D eigenvalue weighted by Crippen LogP contribution is 2.61. The number of aromatic nitrogens is 4. The summed E-state index contributed by atoms with van der Waals surface area (Å²) in [6, 6.07) is 0. The highest BCUT2D eigenvalue weighted by molar-refractivity contribution is 8.14. The molecule has 3 heterocycles. The van der Waals surface area contributed by atoms with Crippen molar-refractivity contribution >= 4 is 69.1 Å². The number of unbranched alkanes of at least 4 members (excludes halogenated alkanes) is 12. The van der Waals surface area contributed by atoms with Crippen LogP contribution < -0.4 is 16.4 Å². The van der Waals surface area contributed by atoms with Gasteiger partial charge in [-0.15, -0.1) is 0 Å². The number of carbonyl (C=O) groups is 3. The van der Waals surface area contributed by atoms with Gasteiger partial charge in [0.2, 0.25) is 16.9 Å². The van der Waals surface area contributed by atoms with E-state index in [0.29, 0.717) is 5.75 Å². The van der Waals surface area contributed by atoms with E-state index >= 15 is 0 Å². The van der Waals surface area contributed by atoms with E-state index in [9.17, 15) is 57.9 Å². The summed E-state index contributed by atoms with van der Waals surface area (Å²) in [5.41, 5.74) is 4.28. The van der Waals surface area contributed by atoms with E-state index in [1.165, 1.54) is 71.6 Å². The molecule has 3 rings (SSSR count). The normalized spacial score (nSPS) is 19.3. The van der Waals surface area contributed by atoms with Gasteiger partial charge in [-0.3, -0.25) is 32.5 Å². The van der Waals surface area contributed by atoms with Crippen molar-refractivity contribution in [2.24, 2.45) is 5.41 Å². The molecule has 456 valence electrons. The molecule has 2 aromatic heterocycles. The SMILES string of the molecule is CC/C=C\C/C=C\C/C=C\C/C=C\C/C=C\CCCCCCCCCCCCC/C=C/C(=O)SCCNC(=O)CCNC(=O)[C@H](O)C(C)(C)COP(=O)(O)OP(=O)(O)OC[C@H]1O[C@@H](n2cnc3c(N)ncnc32)[C@H](O)[C@@H]1OP(=O)(O)O. The summed E-state index contributed by atoms with van der Waals surface area (Å²) >= 11 is 1.07. The Morgan fingerprint density at radius 3 is 1.89 bits per heavy atom. The molecule has 24 nitrogen and oxygen atoms in total. The lowest BCUT2D eigenvalue weighted by atomic mass is 9.87. The molecule has 0 spiro atoms. The van der Waals surface area contributed by atoms with Gasteiger partial charge in [0.25, 0.3) is 0 Å². The maximum Gasteiger partial charge on any atom is 0.481 e. The lowest BCUT2D eigenvalue weighted by Gasteiger charge is -2.30. The number of rotatable bonds is 43. The van der Waals surface area contributed by atoms with Crippen LogP contribution in [-0.4, -0.2) is 123 Å². The van der Waals surface area contributed by atoms with Gasteiger partial charge in [0, 0.05) is 30.7 Å². The Labute approximate surface area is 480 Å². The molecule has 1 saturated heterocycles. The summed E-state index contributed by atoms with van der Waals surface area (Å²) in [5, 5.41) is 26.5. The molecule has 2 amide bonds. The molecular formula is C53H86N7O17P3S. The number of imidazole rings is 1. The Kier molecular flexibility index (Phi) is 34.1. The largest absolute Gasteiger partial charge is 0.481 e. The summed E-state index contributed by atoms with van der Waals surface area (Å²) in [6.07, 6.45) is 39.4. The van der Waals surface area contributed by atoms with Gasteiger partial charge in [0.15, 0.2) is 17.7 Å². The highest BCUT2D eigenvalue weighted by atomic mass is 32.2. The minimum absolute atomic E-state index is 0.0312. The van der Waals surface area contributed by atoms with Crippen LogP contribution >= 0.6 is 35.2 Å². The smallest absolute Gasteiger partial charge is 0.386 e. The number of nitrogens with two attached hydrogens (primary N) is 1. The second-order valence-electron chi connectivity index (χ2n) is 19.8. The first-order chi connectivity index (χ1) is 38.6. The summed E-state index contributed by atoms with van der Waals surface area (Å²) in [7, 11) is -16.4. The van der Waals surface area contributed by atoms with Crippen molar-refractivity contribution in [3.8, 4) is 0 Å². The number of hydrogen-bond acceptors (Lipinski definition) is 18. The standard InChI is InChI=1S/C53H86N7O17P3S/c1-4-5-6-7-8-9-10-11-12-13-14-15-16-17-18-19-20-21-22-23-24-25-26-27-28-29-30-31-32-33-44(62)81-37-36-55-43(61)34-35-56-51(65)48(64)53(2,3)39-74-80(71,72)77-79(69,70)73-38-42-47(76-78(66,67)68)46(63)52(75-42)60-41-59-45-49(54)57-40-58-50(45)60/h5-6,8-9,11-12,14-15,17-18,32-33,40-42,46-48,52,63-64H,4,7,10,13,16,19-31,34-39H2,1-3H3,(H,55,61)(H,56,65)(H,69,70)(H,71,72)(H2,54,57,58)(H2,66,67,68)/b6-5-,9-8-,12-11-,15-14-,18-17-,33-32+/t42-,46-,47-,48+,52-/m1/s1. The van der Waals surface area contributed by atoms with Crippen molar-refractivity contribution < 1.29 is 80.5 Å². The van der Waals surface area contributed by atoms with Gasteiger partial charge < -0.3 is 50.9 Å². The molecule has 0 radical (unpaired) electrons. The van der Waals surface area contributed by atoms with E-state index < -0.39 is 84.6 Å². The summed E-state index contributed by atoms with van der Waals surface area (Å²) in [6.45, 7) is 2.65. The fourth-order valence-corrected chi connectivity index (χ4v) is 11.4. The van der Waals surface area contributed by atoms with E-state index in [0.717, 1.165) is 86.8 Å². The van der Waals surface area contributed by atoms with Gasteiger partial charge in [-0.1, -0.05) is 157 Å². The van der Waals surface area contributed by atoms with Crippen molar-refractivity contribution in [2.45, 2.75) is 173 Å². The van der Waals surface area contributed by atoms with Crippen LogP contribution in [0, 0.1) is 5.41 Å². The monoisotopic (exact) mass is 1220 g/mol. The number of nitrogens with zero attached hydrogens (tertiary/aromatic N) is 4. The number of ether oxygens (including phenoxy) is 1. The van der Waals surface area contributed by atoms with Gasteiger partial charge in [0.1, 0.15) is 36.3 Å². The van der Waals surface area contributed by atoms with Crippen LogP contribution in [0.2, 0.25) is 0 Å². The first kappa shape index (κ1) is 71.3.